The topological polar surface area (TPSA) is 61.1 Å². The van der Waals surface area contributed by atoms with Crippen LogP contribution in [0.4, 0.5) is 8.78 Å². The van der Waals surface area contributed by atoms with E-state index in [1.165, 1.54) is 19.4 Å². The zero-order valence-electron chi connectivity index (χ0n) is 10.5. The number of nitrogens with zero attached hydrogens (tertiary/aromatic N) is 2. The molecule has 2 aromatic rings. The average Bonchev–Trinajstić information content (AvgIpc) is 2.39. The fourth-order valence-corrected chi connectivity index (χ4v) is 1.71. The second-order valence-electron chi connectivity index (χ2n) is 4.17. The van der Waals surface area contributed by atoms with Gasteiger partial charge in [0.05, 0.1) is 12.1 Å². The van der Waals surface area contributed by atoms with Gasteiger partial charge in [0.25, 0.3) is 0 Å². The number of ketones is 1. The summed E-state index contributed by atoms with van der Waals surface area (Å²) in [5, 5.41) is 0. The maximum absolute atomic E-state index is 13.4. The molecule has 1 heterocycles. The molecule has 0 N–H and O–H groups in total. The third kappa shape index (κ3) is 2.42. The van der Waals surface area contributed by atoms with Gasteiger partial charge in [-0.1, -0.05) is 6.07 Å². The van der Waals surface area contributed by atoms with E-state index >= 15 is 0 Å². The molecule has 0 aliphatic carbocycles. The van der Waals surface area contributed by atoms with Crippen molar-refractivity contribution >= 4 is 5.78 Å². The maximum Gasteiger partial charge on any atom is 0.316 e. The molecule has 1 aromatic carbocycles. The molecule has 0 radical (unpaired) electrons. The Morgan fingerprint density at radius 1 is 1.10 bits per heavy atom. The van der Waals surface area contributed by atoms with Gasteiger partial charge in [-0.2, -0.15) is 0 Å². The van der Waals surface area contributed by atoms with Crippen molar-refractivity contribution in [3.63, 3.8) is 0 Å². The lowest BCUT2D eigenvalue weighted by Crippen LogP contribution is -2.40. The molecule has 7 heteroatoms. The fraction of sp³-hybridized carbons (Fsp3) is 0.154. The Morgan fingerprint density at radius 2 is 1.70 bits per heavy atom. The number of aryl methyl sites for hydroxylation is 1. The molecule has 0 fully saturated rings. The predicted octanol–water partition coefficient (Wildman–Crippen LogP) is 0.708. The number of benzene rings is 1. The zero-order valence-corrected chi connectivity index (χ0v) is 10.5. The van der Waals surface area contributed by atoms with Crippen LogP contribution in [0.15, 0.2) is 40.2 Å². The van der Waals surface area contributed by atoms with Gasteiger partial charge in [0, 0.05) is 19.4 Å². The maximum atomic E-state index is 13.4. The van der Waals surface area contributed by atoms with Crippen LogP contribution in [-0.4, -0.2) is 14.9 Å². The van der Waals surface area contributed by atoms with Gasteiger partial charge < -0.3 is 9.13 Å². The van der Waals surface area contributed by atoms with Gasteiger partial charge in [0.15, 0.2) is 5.78 Å². The number of carbonyl (C=O) groups excluding carboxylic acids is 1. The third-order valence-electron chi connectivity index (χ3n) is 2.79. The highest BCUT2D eigenvalue weighted by Crippen LogP contribution is 2.13. The lowest BCUT2D eigenvalue weighted by atomic mass is 10.1. The van der Waals surface area contributed by atoms with Crippen molar-refractivity contribution in [2.24, 2.45) is 7.05 Å². The van der Waals surface area contributed by atoms with E-state index in [9.17, 15) is 23.2 Å². The minimum atomic E-state index is -1.01. The molecular weight excluding hydrogens is 270 g/mol. The molecule has 20 heavy (non-hydrogen) atoms. The van der Waals surface area contributed by atoms with Crippen molar-refractivity contribution in [3.05, 3.63) is 68.5 Å². The van der Waals surface area contributed by atoms with Crippen molar-refractivity contribution < 1.29 is 13.6 Å². The molecule has 2 rings (SSSR count). The minimum Gasteiger partial charge on any atom is -0.312 e. The van der Waals surface area contributed by atoms with E-state index in [1.807, 2.05) is 0 Å². The molecule has 0 saturated heterocycles. The molecule has 0 bridgehead atoms. The van der Waals surface area contributed by atoms with E-state index in [2.05, 4.69) is 0 Å². The number of halogens is 2. The molecule has 0 spiro atoms. The Morgan fingerprint density at radius 3 is 2.30 bits per heavy atom. The molecule has 0 aliphatic heterocycles. The molecule has 0 aliphatic rings. The first-order valence-electron chi connectivity index (χ1n) is 5.65. The summed E-state index contributed by atoms with van der Waals surface area (Å²) in [4.78, 5) is 34.9. The number of carbonyl (C=O) groups is 1. The number of aromatic nitrogens is 2. The van der Waals surface area contributed by atoms with Gasteiger partial charge in [-0.05, 0) is 12.1 Å². The van der Waals surface area contributed by atoms with Gasteiger partial charge in [0.2, 0.25) is 0 Å². The highest BCUT2D eigenvalue weighted by atomic mass is 19.1. The van der Waals surface area contributed by atoms with E-state index in [1.54, 1.807) is 0 Å². The van der Waals surface area contributed by atoms with Gasteiger partial charge >= 0.3 is 11.1 Å². The van der Waals surface area contributed by atoms with Gasteiger partial charge in [0.1, 0.15) is 11.6 Å². The first-order chi connectivity index (χ1) is 9.41. The summed E-state index contributed by atoms with van der Waals surface area (Å²) < 4.78 is 28.7. The molecule has 104 valence electrons. The van der Waals surface area contributed by atoms with Crippen molar-refractivity contribution in [2.45, 2.75) is 6.54 Å². The lowest BCUT2D eigenvalue weighted by Gasteiger charge is -2.07. The van der Waals surface area contributed by atoms with E-state index in [4.69, 9.17) is 0 Å². The highest BCUT2D eigenvalue weighted by molar-refractivity contribution is 5.96. The summed E-state index contributed by atoms with van der Waals surface area (Å²) in [6.45, 7) is -0.604. The molecule has 0 amide bonds. The van der Waals surface area contributed by atoms with Crippen LogP contribution in [0.3, 0.4) is 0 Å². The van der Waals surface area contributed by atoms with Crippen LogP contribution >= 0.6 is 0 Å². The average molecular weight is 280 g/mol. The monoisotopic (exact) mass is 280 g/mol. The van der Waals surface area contributed by atoms with Crippen LogP contribution in [0.2, 0.25) is 0 Å². The largest absolute Gasteiger partial charge is 0.316 e. The van der Waals surface area contributed by atoms with Crippen LogP contribution in [0.25, 0.3) is 0 Å². The van der Waals surface area contributed by atoms with Crippen LogP contribution in [0.1, 0.15) is 10.4 Å². The molecule has 0 unspecified atom stereocenters. The van der Waals surface area contributed by atoms with Crippen LogP contribution < -0.4 is 11.1 Å². The van der Waals surface area contributed by atoms with E-state index in [0.29, 0.717) is 0 Å². The molecule has 1 aromatic heterocycles. The first-order valence-corrected chi connectivity index (χ1v) is 5.65. The first kappa shape index (κ1) is 13.9. The van der Waals surface area contributed by atoms with E-state index in [-0.39, 0.29) is 0 Å². The van der Waals surface area contributed by atoms with Crippen molar-refractivity contribution in [3.8, 4) is 0 Å². The second kappa shape index (κ2) is 5.20. The second-order valence-corrected chi connectivity index (χ2v) is 4.17. The molecular formula is C13H10F2N2O3. The SMILES string of the molecule is Cn1ccn(CC(=O)c2c(F)cccc2F)c(=O)c1=O. The highest BCUT2D eigenvalue weighted by Gasteiger charge is 2.18. The van der Waals surface area contributed by atoms with Crippen molar-refractivity contribution in [2.75, 3.05) is 0 Å². The summed E-state index contributed by atoms with van der Waals surface area (Å²) >= 11 is 0. The summed E-state index contributed by atoms with van der Waals surface area (Å²) in [6, 6.07) is 3.03. The Labute approximate surface area is 111 Å². The fourth-order valence-electron chi connectivity index (χ4n) is 1.71. The van der Waals surface area contributed by atoms with Crippen LogP contribution in [-0.2, 0) is 13.6 Å². The Bertz CT molecular complexity index is 773. The third-order valence-corrected chi connectivity index (χ3v) is 2.79. The number of rotatable bonds is 3. The molecule has 0 saturated carbocycles. The summed E-state index contributed by atoms with van der Waals surface area (Å²) in [6.07, 6.45) is 2.50. The zero-order chi connectivity index (χ0) is 14.9. The minimum absolute atomic E-state index is 0.604. The number of hydrogen-bond donors (Lipinski definition) is 0. The quantitative estimate of drug-likeness (QED) is 0.614. The van der Waals surface area contributed by atoms with Gasteiger partial charge in [-0.15, -0.1) is 0 Å². The number of hydrogen-bond acceptors (Lipinski definition) is 3. The van der Waals surface area contributed by atoms with Crippen molar-refractivity contribution in [1.82, 2.24) is 9.13 Å². The lowest BCUT2D eigenvalue weighted by molar-refractivity contribution is 0.0962. The summed E-state index contributed by atoms with van der Waals surface area (Å²) in [5.74, 6) is -2.94. The number of Topliss-reactive ketones (excluding diaryl/α,β-unsaturated/α-hetero) is 1. The smallest absolute Gasteiger partial charge is 0.312 e. The van der Waals surface area contributed by atoms with Crippen LogP contribution in [0.5, 0.6) is 0 Å². The van der Waals surface area contributed by atoms with E-state index < -0.39 is 40.6 Å². The van der Waals surface area contributed by atoms with E-state index in [0.717, 1.165) is 27.3 Å². The Balaban J connectivity index is 2.41. The molecule has 5 nitrogen and oxygen atoms in total. The summed E-state index contributed by atoms with van der Waals surface area (Å²) in [5.41, 5.74) is -2.48. The Kier molecular flexibility index (Phi) is 3.60. The van der Waals surface area contributed by atoms with Gasteiger partial charge in [-0.25, -0.2) is 8.78 Å². The standard InChI is InChI=1S/C13H10F2N2O3/c1-16-5-6-17(13(20)12(16)19)7-10(18)11-8(14)3-2-4-9(11)15/h2-6H,7H2,1H3. The molecule has 0 atom stereocenters. The van der Waals surface area contributed by atoms with Crippen molar-refractivity contribution in [1.29, 1.82) is 0 Å². The summed E-state index contributed by atoms with van der Waals surface area (Å²) in [7, 11) is 1.38. The predicted molar refractivity (Wildman–Crippen MR) is 66.6 cm³/mol. The van der Waals surface area contributed by atoms with Crippen LogP contribution in [0, 0.1) is 11.6 Å². The Hall–Kier alpha value is -2.57. The van der Waals surface area contributed by atoms with Gasteiger partial charge in [-0.3, -0.25) is 14.4 Å². The normalized spacial score (nSPS) is 10.6.